The van der Waals surface area contributed by atoms with Crippen LogP contribution in [-0.4, -0.2) is 30.6 Å². The summed E-state index contributed by atoms with van der Waals surface area (Å²) in [6.45, 7) is 5.53. The molecule has 2 heteroatoms. The molecule has 0 aromatic carbocycles. The molecule has 1 fully saturated rings. The Hall–Kier alpha value is -0.0800. The number of hydrogen-bond acceptors (Lipinski definition) is 2. The highest BCUT2D eigenvalue weighted by atomic mass is 15.2. The number of likely N-dealkylation sites (tertiary alicyclic amines) is 1. The van der Waals surface area contributed by atoms with Gasteiger partial charge in [0, 0.05) is 12.1 Å². The first-order chi connectivity index (χ1) is 6.15. The Balaban J connectivity index is 2.35. The molecule has 1 rings (SSSR count). The second kappa shape index (κ2) is 4.97. The number of nitrogens with zero attached hydrogens (tertiary/aromatic N) is 1. The van der Waals surface area contributed by atoms with Crippen molar-refractivity contribution in [1.29, 1.82) is 0 Å². The van der Waals surface area contributed by atoms with E-state index in [1.165, 1.54) is 25.7 Å². The van der Waals surface area contributed by atoms with Gasteiger partial charge in [0.15, 0.2) is 0 Å². The summed E-state index contributed by atoms with van der Waals surface area (Å²) >= 11 is 0. The maximum Gasteiger partial charge on any atom is 0.00693 e. The third-order valence-electron chi connectivity index (χ3n) is 3.56. The van der Waals surface area contributed by atoms with E-state index < -0.39 is 0 Å². The van der Waals surface area contributed by atoms with Crippen molar-refractivity contribution in [3.05, 3.63) is 0 Å². The molecule has 0 radical (unpaired) electrons. The molecule has 1 unspecified atom stereocenters. The van der Waals surface area contributed by atoms with Crippen LogP contribution < -0.4 is 5.73 Å². The average molecular weight is 184 g/mol. The minimum Gasteiger partial charge on any atom is -0.330 e. The van der Waals surface area contributed by atoms with Crippen LogP contribution in [0.15, 0.2) is 0 Å². The predicted octanol–water partition coefficient (Wildman–Crippen LogP) is 1.84. The molecule has 2 N–H and O–H groups in total. The maximum absolute atomic E-state index is 5.53. The molecule has 1 aliphatic rings. The zero-order chi connectivity index (χ0) is 9.84. The molecular weight excluding hydrogens is 160 g/mol. The van der Waals surface area contributed by atoms with Crippen LogP contribution in [0.3, 0.4) is 0 Å². The van der Waals surface area contributed by atoms with E-state index in [0.717, 1.165) is 24.5 Å². The Labute approximate surface area is 82.5 Å². The van der Waals surface area contributed by atoms with E-state index in [0.29, 0.717) is 0 Å². The van der Waals surface area contributed by atoms with Crippen LogP contribution in [0.1, 0.15) is 39.5 Å². The Bertz CT molecular complexity index is 135. The smallest absolute Gasteiger partial charge is 0.00693 e. The van der Waals surface area contributed by atoms with Gasteiger partial charge >= 0.3 is 0 Å². The predicted molar refractivity (Wildman–Crippen MR) is 57.7 cm³/mol. The molecule has 0 aromatic heterocycles. The summed E-state index contributed by atoms with van der Waals surface area (Å²) in [5.41, 5.74) is 5.53. The summed E-state index contributed by atoms with van der Waals surface area (Å²) < 4.78 is 0. The SMILES string of the molecule is C[C@@H]1CC(CCCN)C[C@H](C)N1C. The average Bonchev–Trinajstić information content (AvgIpc) is 2.10. The molecule has 13 heavy (non-hydrogen) atoms. The topological polar surface area (TPSA) is 29.3 Å². The van der Waals surface area contributed by atoms with Gasteiger partial charge in [0.1, 0.15) is 0 Å². The van der Waals surface area contributed by atoms with Gasteiger partial charge in [-0.05, 0) is 59.0 Å². The molecule has 0 aromatic rings. The lowest BCUT2D eigenvalue weighted by Gasteiger charge is -2.40. The largest absolute Gasteiger partial charge is 0.330 e. The van der Waals surface area contributed by atoms with Crippen molar-refractivity contribution >= 4 is 0 Å². The van der Waals surface area contributed by atoms with Gasteiger partial charge in [-0.1, -0.05) is 0 Å². The fourth-order valence-corrected chi connectivity index (χ4v) is 2.47. The standard InChI is InChI=1S/C11H24N2/c1-9-7-11(5-4-6-12)8-10(2)13(9)3/h9-11H,4-8,12H2,1-3H3/t9-,10+,11?. The van der Waals surface area contributed by atoms with Crippen molar-refractivity contribution in [2.24, 2.45) is 11.7 Å². The molecule has 0 amide bonds. The summed E-state index contributed by atoms with van der Waals surface area (Å²) in [6, 6.07) is 1.51. The van der Waals surface area contributed by atoms with E-state index in [1.54, 1.807) is 0 Å². The first kappa shape index (κ1) is 11.0. The van der Waals surface area contributed by atoms with Crippen LogP contribution in [-0.2, 0) is 0 Å². The van der Waals surface area contributed by atoms with Crippen LogP contribution in [0.25, 0.3) is 0 Å². The van der Waals surface area contributed by atoms with Crippen molar-refractivity contribution in [3.63, 3.8) is 0 Å². The number of hydrogen-bond donors (Lipinski definition) is 1. The number of nitrogens with two attached hydrogens (primary N) is 1. The van der Waals surface area contributed by atoms with Crippen molar-refractivity contribution in [3.8, 4) is 0 Å². The van der Waals surface area contributed by atoms with E-state index in [-0.39, 0.29) is 0 Å². The Morgan fingerprint density at radius 3 is 2.23 bits per heavy atom. The fraction of sp³-hybridized carbons (Fsp3) is 1.00. The lowest BCUT2D eigenvalue weighted by atomic mass is 9.84. The lowest BCUT2D eigenvalue weighted by Crippen LogP contribution is -2.43. The van der Waals surface area contributed by atoms with E-state index in [9.17, 15) is 0 Å². The first-order valence-corrected chi connectivity index (χ1v) is 5.57. The number of rotatable bonds is 3. The quantitative estimate of drug-likeness (QED) is 0.725. The number of piperidine rings is 1. The Morgan fingerprint density at radius 2 is 1.77 bits per heavy atom. The van der Waals surface area contributed by atoms with E-state index in [1.807, 2.05) is 0 Å². The molecule has 1 saturated heterocycles. The molecule has 2 nitrogen and oxygen atoms in total. The lowest BCUT2D eigenvalue weighted by molar-refractivity contribution is 0.0938. The monoisotopic (exact) mass is 184 g/mol. The minimum atomic E-state index is 0.756. The van der Waals surface area contributed by atoms with Crippen LogP contribution in [0.5, 0.6) is 0 Å². The van der Waals surface area contributed by atoms with Gasteiger partial charge in [-0.3, -0.25) is 0 Å². The highest BCUT2D eigenvalue weighted by molar-refractivity contribution is 4.82. The third kappa shape index (κ3) is 2.96. The molecule has 78 valence electrons. The van der Waals surface area contributed by atoms with Crippen LogP contribution in [0, 0.1) is 5.92 Å². The highest BCUT2D eigenvalue weighted by Crippen LogP contribution is 2.29. The van der Waals surface area contributed by atoms with Crippen molar-refractivity contribution in [1.82, 2.24) is 4.90 Å². The highest BCUT2D eigenvalue weighted by Gasteiger charge is 2.27. The van der Waals surface area contributed by atoms with Gasteiger partial charge < -0.3 is 10.6 Å². The van der Waals surface area contributed by atoms with E-state index in [4.69, 9.17) is 5.73 Å². The van der Waals surface area contributed by atoms with Gasteiger partial charge in [0.25, 0.3) is 0 Å². The summed E-state index contributed by atoms with van der Waals surface area (Å²) in [4.78, 5) is 2.50. The van der Waals surface area contributed by atoms with Crippen LogP contribution >= 0.6 is 0 Å². The fourth-order valence-electron chi connectivity index (χ4n) is 2.47. The molecule has 3 atom stereocenters. The summed E-state index contributed by atoms with van der Waals surface area (Å²) in [6.07, 6.45) is 5.26. The Morgan fingerprint density at radius 1 is 1.23 bits per heavy atom. The normalized spacial score (nSPS) is 36.5. The maximum atomic E-state index is 5.53. The van der Waals surface area contributed by atoms with E-state index in [2.05, 4.69) is 25.8 Å². The van der Waals surface area contributed by atoms with Gasteiger partial charge in [0.05, 0.1) is 0 Å². The zero-order valence-corrected chi connectivity index (χ0v) is 9.29. The van der Waals surface area contributed by atoms with Crippen molar-refractivity contribution in [2.45, 2.75) is 51.6 Å². The molecule has 0 spiro atoms. The molecule has 1 heterocycles. The van der Waals surface area contributed by atoms with E-state index >= 15 is 0 Å². The second-order valence-corrected chi connectivity index (χ2v) is 4.63. The second-order valence-electron chi connectivity index (χ2n) is 4.63. The third-order valence-corrected chi connectivity index (χ3v) is 3.56. The molecule has 0 bridgehead atoms. The molecule has 0 saturated carbocycles. The van der Waals surface area contributed by atoms with Crippen LogP contribution in [0.4, 0.5) is 0 Å². The van der Waals surface area contributed by atoms with Gasteiger partial charge in [-0.25, -0.2) is 0 Å². The molecule has 0 aliphatic carbocycles. The summed E-state index contributed by atoms with van der Waals surface area (Å²) in [5.74, 6) is 0.921. The van der Waals surface area contributed by atoms with Gasteiger partial charge in [-0.2, -0.15) is 0 Å². The minimum absolute atomic E-state index is 0.756. The van der Waals surface area contributed by atoms with Crippen LogP contribution in [0.2, 0.25) is 0 Å². The summed E-state index contributed by atoms with van der Waals surface area (Å²) in [5, 5.41) is 0. The van der Waals surface area contributed by atoms with Gasteiger partial charge in [0.2, 0.25) is 0 Å². The van der Waals surface area contributed by atoms with Crippen molar-refractivity contribution in [2.75, 3.05) is 13.6 Å². The Kier molecular flexibility index (Phi) is 4.20. The van der Waals surface area contributed by atoms with Crippen molar-refractivity contribution < 1.29 is 0 Å². The summed E-state index contributed by atoms with van der Waals surface area (Å²) in [7, 11) is 2.24. The molecular formula is C11H24N2. The molecule has 1 aliphatic heterocycles. The zero-order valence-electron chi connectivity index (χ0n) is 9.29. The first-order valence-electron chi connectivity index (χ1n) is 5.57. The van der Waals surface area contributed by atoms with Gasteiger partial charge in [-0.15, -0.1) is 0 Å².